The fourth-order valence-electron chi connectivity index (χ4n) is 2.01. The largest absolute Gasteiger partial charge is 0.313 e. The molecule has 0 aliphatic rings. The fraction of sp³-hybridized carbons (Fsp3) is 0.471. The van der Waals surface area contributed by atoms with Gasteiger partial charge in [0, 0.05) is 28.8 Å². The number of nitrogens with zero attached hydrogens (tertiary/aromatic N) is 1. The van der Waals surface area contributed by atoms with Crippen LogP contribution in [0.15, 0.2) is 23.6 Å². The van der Waals surface area contributed by atoms with E-state index in [0.717, 1.165) is 40.8 Å². The van der Waals surface area contributed by atoms with Crippen LogP contribution < -0.4 is 5.32 Å². The average Bonchev–Trinajstić information content (AvgIpc) is 2.88. The summed E-state index contributed by atoms with van der Waals surface area (Å²) in [6.07, 6.45) is 0.807. The van der Waals surface area contributed by atoms with Gasteiger partial charge in [-0.2, -0.15) is 0 Å². The predicted octanol–water partition coefficient (Wildman–Crippen LogP) is 4.79. The van der Waals surface area contributed by atoms with E-state index in [1.165, 1.54) is 5.56 Å². The third-order valence-corrected chi connectivity index (χ3v) is 4.56. The predicted molar refractivity (Wildman–Crippen MR) is 92.5 cm³/mol. The molecule has 2 nitrogen and oxygen atoms in total. The third-order valence-electron chi connectivity index (χ3n) is 3.36. The van der Waals surface area contributed by atoms with Gasteiger partial charge in [-0.1, -0.05) is 51.4 Å². The second kappa shape index (κ2) is 6.91. The standard InChI is InChI=1S/C17H23ClN2S/c1-5-19-10-12-6-7-13(14(18)8-12)9-16-20-15(11-21-16)17(2,3)4/h6-8,11,19H,5,9-10H2,1-4H3. The fourth-order valence-corrected chi connectivity index (χ4v) is 3.33. The molecule has 0 unspecified atom stereocenters. The van der Waals surface area contributed by atoms with Crippen molar-refractivity contribution in [1.82, 2.24) is 10.3 Å². The SMILES string of the molecule is CCNCc1ccc(Cc2nc(C(C)(C)C)cs2)c(Cl)c1. The maximum atomic E-state index is 6.40. The van der Waals surface area contributed by atoms with Crippen LogP contribution in [0.1, 0.15) is 49.5 Å². The Morgan fingerprint density at radius 3 is 2.62 bits per heavy atom. The van der Waals surface area contributed by atoms with Gasteiger partial charge < -0.3 is 5.32 Å². The van der Waals surface area contributed by atoms with Crippen molar-refractivity contribution >= 4 is 22.9 Å². The van der Waals surface area contributed by atoms with E-state index in [1.54, 1.807) is 11.3 Å². The summed E-state index contributed by atoms with van der Waals surface area (Å²) in [5, 5.41) is 7.43. The van der Waals surface area contributed by atoms with Crippen molar-refractivity contribution in [3.05, 3.63) is 50.4 Å². The first-order valence-electron chi connectivity index (χ1n) is 7.33. The van der Waals surface area contributed by atoms with Crippen molar-refractivity contribution in [2.24, 2.45) is 0 Å². The topological polar surface area (TPSA) is 24.9 Å². The highest BCUT2D eigenvalue weighted by Gasteiger charge is 2.17. The molecule has 0 amide bonds. The maximum absolute atomic E-state index is 6.40. The van der Waals surface area contributed by atoms with Gasteiger partial charge >= 0.3 is 0 Å². The molecule has 4 heteroatoms. The molecule has 1 aromatic carbocycles. The van der Waals surface area contributed by atoms with Crippen molar-refractivity contribution in [2.45, 2.75) is 46.1 Å². The number of hydrogen-bond donors (Lipinski definition) is 1. The lowest BCUT2D eigenvalue weighted by atomic mass is 9.93. The Balaban J connectivity index is 2.11. The third kappa shape index (κ3) is 4.53. The van der Waals surface area contributed by atoms with Crippen LogP contribution >= 0.6 is 22.9 Å². The Morgan fingerprint density at radius 2 is 2.05 bits per heavy atom. The van der Waals surface area contributed by atoms with Crippen LogP contribution in [-0.4, -0.2) is 11.5 Å². The van der Waals surface area contributed by atoms with E-state index in [9.17, 15) is 0 Å². The first-order valence-corrected chi connectivity index (χ1v) is 8.59. The van der Waals surface area contributed by atoms with Crippen LogP contribution in [0.4, 0.5) is 0 Å². The molecule has 0 atom stereocenters. The maximum Gasteiger partial charge on any atom is 0.0972 e. The Hall–Kier alpha value is -0.900. The Morgan fingerprint density at radius 1 is 1.29 bits per heavy atom. The number of benzene rings is 1. The van der Waals surface area contributed by atoms with Crippen LogP contribution in [0.5, 0.6) is 0 Å². The first kappa shape index (κ1) is 16.5. The Labute approximate surface area is 136 Å². The molecular weight excluding hydrogens is 300 g/mol. The van der Waals surface area contributed by atoms with Crippen molar-refractivity contribution in [3.63, 3.8) is 0 Å². The smallest absolute Gasteiger partial charge is 0.0972 e. The Bertz CT molecular complexity index is 599. The minimum absolute atomic E-state index is 0.105. The zero-order chi connectivity index (χ0) is 15.5. The molecule has 0 aliphatic carbocycles. The van der Waals surface area contributed by atoms with Crippen molar-refractivity contribution in [3.8, 4) is 0 Å². The van der Waals surface area contributed by atoms with Crippen LogP contribution in [0, 0.1) is 0 Å². The highest BCUT2D eigenvalue weighted by atomic mass is 35.5. The molecule has 0 fully saturated rings. The molecule has 0 saturated heterocycles. The molecule has 0 spiro atoms. The van der Waals surface area contributed by atoms with Gasteiger partial charge in [0.25, 0.3) is 0 Å². The summed E-state index contributed by atoms with van der Waals surface area (Å²) in [4.78, 5) is 4.74. The summed E-state index contributed by atoms with van der Waals surface area (Å²) in [5.41, 5.74) is 3.63. The lowest BCUT2D eigenvalue weighted by Gasteiger charge is -2.14. The number of nitrogens with one attached hydrogen (secondary N) is 1. The second-order valence-electron chi connectivity index (χ2n) is 6.26. The van der Waals surface area contributed by atoms with Crippen LogP contribution in [0.25, 0.3) is 0 Å². The molecule has 0 bridgehead atoms. The number of rotatable bonds is 5. The van der Waals surface area contributed by atoms with Gasteiger partial charge in [-0.3, -0.25) is 0 Å². The number of hydrogen-bond acceptors (Lipinski definition) is 3. The van der Waals surface area contributed by atoms with E-state index < -0.39 is 0 Å². The summed E-state index contributed by atoms with van der Waals surface area (Å²) in [6.45, 7) is 10.5. The summed E-state index contributed by atoms with van der Waals surface area (Å²) in [7, 11) is 0. The minimum atomic E-state index is 0.105. The molecule has 0 saturated carbocycles. The van der Waals surface area contributed by atoms with Gasteiger partial charge in [0.05, 0.1) is 10.7 Å². The molecule has 0 aliphatic heterocycles. The molecule has 1 N–H and O–H groups in total. The summed E-state index contributed by atoms with van der Waals surface area (Å²) >= 11 is 8.12. The lowest BCUT2D eigenvalue weighted by molar-refractivity contribution is 0.571. The molecule has 2 aromatic rings. The average molecular weight is 323 g/mol. The zero-order valence-electron chi connectivity index (χ0n) is 13.2. The highest BCUT2D eigenvalue weighted by molar-refractivity contribution is 7.09. The summed E-state index contributed by atoms with van der Waals surface area (Å²) in [6, 6.07) is 6.31. The van der Waals surface area contributed by atoms with Gasteiger partial charge in [-0.25, -0.2) is 4.98 Å². The van der Waals surface area contributed by atoms with Crippen molar-refractivity contribution in [2.75, 3.05) is 6.54 Å². The highest BCUT2D eigenvalue weighted by Crippen LogP contribution is 2.27. The molecule has 1 heterocycles. The number of halogens is 1. The van der Waals surface area contributed by atoms with E-state index in [0.29, 0.717) is 0 Å². The van der Waals surface area contributed by atoms with E-state index in [4.69, 9.17) is 16.6 Å². The van der Waals surface area contributed by atoms with E-state index in [2.05, 4.69) is 56.6 Å². The summed E-state index contributed by atoms with van der Waals surface area (Å²) in [5.74, 6) is 0. The molecule has 0 radical (unpaired) electrons. The van der Waals surface area contributed by atoms with Gasteiger partial charge in [-0.15, -0.1) is 11.3 Å². The molecular formula is C17H23ClN2S. The van der Waals surface area contributed by atoms with Crippen LogP contribution in [0.3, 0.4) is 0 Å². The normalized spacial score (nSPS) is 11.9. The van der Waals surface area contributed by atoms with Gasteiger partial charge in [0.1, 0.15) is 0 Å². The van der Waals surface area contributed by atoms with Crippen molar-refractivity contribution in [1.29, 1.82) is 0 Å². The monoisotopic (exact) mass is 322 g/mol. The zero-order valence-corrected chi connectivity index (χ0v) is 14.7. The van der Waals surface area contributed by atoms with E-state index in [-0.39, 0.29) is 5.41 Å². The first-order chi connectivity index (χ1) is 9.90. The minimum Gasteiger partial charge on any atom is -0.313 e. The molecule has 2 rings (SSSR count). The molecule has 21 heavy (non-hydrogen) atoms. The Kier molecular flexibility index (Phi) is 5.42. The van der Waals surface area contributed by atoms with Crippen LogP contribution in [0.2, 0.25) is 5.02 Å². The van der Waals surface area contributed by atoms with Crippen LogP contribution in [-0.2, 0) is 18.4 Å². The van der Waals surface area contributed by atoms with Gasteiger partial charge in [0.15, 0.2) is 0 Å². The van der Waals surface area contributed by atoms with Gasteiger partial charge in [0.2, 0.25) is 0 Å². The molecule has 114 valence electrons. The second-order valence-corrected chi connectivity index (χ2v) is 7.61. The quantitative estimate of drug-likeness (QED) is 0.855. The van der Waals surface area contributed by atoms with Gasteiger partial charge in [-0.05, 0) is 23.7 Å². The molecule has 1 aromatic heterocycles. The van der Waals surface area contributed by atoms with E-state index >= 15 is 0 Å². The van der Waals surface area contributed by atoms with E-state index in [1.807, 2.05) is 0 Å². The summed E-state index contributed by atoms with van der Waals surface area (Å²) < 4.78 is 0. The number of aromatic nitrogens is 1. The number of thiazole rings is 1. The lowest BCUT2D eigenvalue weighted by Crippen LogP contribution is -2.12. The van der Waals surface area contributed by atoms with Crippen molar-refractivity contribution < 1.29 is 0 Å².